The van der Waals surface area contributed by atoms with Gasteiger partial charge in [-0.25, -0.2) is 0 Å². The molecule has 3 rings (SSSR count). The van der Waals surface area contributed by atoms with Crippen LogP contribution in [0.3, 0.4) is 0 Å². The van der Waals surface area contributed by atoms with Gasteiger partial charge in [0.1, 0.15) is 0 Å². The highest BCUT2D eigenvalue weighted by molar-refractivity contribution is 5.83. The first-order valence-corrected chi connectivity index (χ1v) is 9.74. The molecule has 2 amide bonds. The molecule has 0 saturated carbocycles. The van der Waals surface area contributed by atoms with Gasteiger partial charge in [0.25, 0.3) is 0 Å². The molecule has 0 spiro atoms. The number of amides is 2. The molecule has 1 aromatic rings. The van der Waals surface area contributed by atoms with Gasteiger partial charge in [-0.1, -0.05) is 39.0 Å². The largest absolute Gasteiger partial charge is 0.368 e. The zero-order valence-corrected chi connectivity index (χ0v) is 16.3. The van der Waals surface area contributed by atoms with E-state index in [-0.39, 0.29) is 23.1 Å². The highest BCUT2D eigenvalue weighted by Gasteiger charge is 2.34. The lowest BCUT2D eigenvalue weighted by Gasteiger charge is -2.40. The number of hydrogen-bond acceptors (Lipinski definition) is 3. The predicted octanol–water partition coefficient (Wildman–Crippen LogP) is 2.62. The molecule has 0 atom stereocenters. The van der Waals surface area contributed by atoms with Crippen LogP contribution in [0.5, 0.6) is 0 Å². The van der Waals surface area contributed by atoms with Crippen LogP contribution in [0, 0.1) is 11.3 Å². The number of anilines is 1. The van der Waals surface area contributed by atoms with Gasteiger partial charge in [0.15, 0.2) is 0 Å². The van der Waals surface area contributed by atoms with Gasteiger partial charge in [0.2, 0.25) is 11.8 Å². The number of benzene rings is 1. The average molecular weight is 357 g/mol. The summed E-state index contributed by atoms with van der Waals surface area (Å²) in [6.45, 7) is 10.6. The highest BCUT2D eigenvalue weighted by Crippen LogP contribution is 2.25. The van der Waals surface area contributed by atoms with Crippen LogP contribution in [0.1, 0.15) is 33.6 Å². The van der Waals surface area contributed by atoms with Crippen molar-refractivity contribution in [3.8, 4) is 0 Å². The van der Waals surface area contributed by atoms with E-state index in [1.165, 1.54) is 5.69 Å². The number of carbonyl (C=O) groups excluding carboxylic acids is 2. The predicted molar refractivity (Wildman–Crippen MR) is 104 cm³/mol. The van der Waals surface area contributed by atoms with Crippen molar-refractivity contribution >= 4 is 17.5 Å². The number of carbonyl (C=O) groups is 2. The third kappa shape index (κ3) is 4.19. The van der Waals surface area contributed by atoms with Crippen molar-refractivity contribution in [2.45, 2.75) is 33.6 Å². The van der Waals surface area contributed by atoms with Gasteiger partial charge in [-0.15, -0.1) is 0 Å². The summed E-state index contributed by atoms with van der Waals surface area (Å²) in [4.78, 5) is 31.6. The topological polar surface area (TPSA) is 43.9 Å². The minimum Gasteiger partial charge on any atom is -0.368 e. The molecule has 0 bridgehead atoms. The second-order valence-electron chi connectivity index (χ2n) is 8.46. The number of nitrogens with zero attached hydrogens (tertiary/aromatic N) is 3. The van der Waals surface area contributed by atoms with Crippen LogP contribution >= 0.6 is 0 Å². The average Bonchev–Trinajstić information content (AvgIpc) is 2.67. The molecule has 5 nitrogen and oxygen atoms in total. The van der Waals surface area contributed by atoms with Crippen molar-refractivity contribution in [1.29, 1.82) is 0 Å². The summed E-state index contributed by atoms with van der Waals surface area (Å²) in [5, 5.41) is 0. The number of likely N-dealkylation sites (tertiary alicyclic amines) is 1. The molecular formula is C21H31N3O2. The van der Waals surface area contributed by atoms with Crippen molar-refractivity contribution in [2.75, 3.05) is 44.2 Å². The summed E-state index contributed by atoms with van der Waals surface area (Å²) in [7, 11) is 0. The van der Waals surface area contributed by atoms with Gasteiger partial charge >= 0.3 is 0 Å². The maximum atomic E-state index is 12.9. The van der Waals surface area contributed by atoms with E-state index in [0.717, 1.165) is 39.0 Å². The highest BCUT2D eigenvalue weighted by atomic mass is 16.2. The molecule has 5 heteroatoms. The van der Waals surface area contributed by atoms with Gasteiger partial charge < -0.3 is 14.7 Å². The summed E-state index contributed by atoms with van der Waals surface area (Å²) in [5.41, 5.74) is 0.888. The zero-order valence-electron chi connectivity index (χ0n) is 16.3. The van der Waals surface area contributed by atoms with Crippen LogP contribution in [-0.4, -0.2) is 60.9 Å². The summed E-state index contributed by atoms with van der Waals surface area (Å²) < 4.78 is 0. The first kappa shape index (κ1) is 18.7. The summed E-state index contributed by atoms with van der Waals surface area (Å²) in [5.74, 6) is 0.544. The lowest BCUT2D eigenvalue weighted by molar-refractivity contribution is -0.145. The molecule has 0 aliphatic carbocycles. The third-order valence-electron chi connectivity index (χ3n) is 5.49. The lowest BCUT2D eigenvalue weighted by atomic mass is 9.90. The smallest absolute Gasteiger partial charge is 0.227 e. The van der Waals surface area contributed by atoms with Crippen molar-refractivity contribution in [2.24, 2.45) is 11.3 Å². The molecule has 2 saturated heterocycles. The Morgan fingerprint density at radius 2 is 1.42 bits per heavy atom. The van der Waals surface area contributed by atoms with E-state index < -0.39 is 0 Å². The van der Waals surface area contributed by atoms with Crippen molar-refractivity contribution in [3.05, 3.63) is 30.3 Å². The molecule has 2 fully saturated rings. The van der Waals surface area contributed by atoms with Crippen LogP contribution in [0.4, 0.5) is 5.69 Å². The van der Waals surface area contributed by atoms with Crippen LogP contribution in [0.25, 0.3) is 0 Å². The van der Waals surface area contributed by atoms with Crippen molar-refractivity contribution < 1.29 is 9.59 Å². The van der Waals surface area contributed by atoms with Gasteiger partial charge in [-0.05, 0) is 25.0 Å². The molecule has 1 aromatic carbocycles. The normalized spacial score (nSPS) is 19.6. The van der Waals surface area contributed by atoms with Gasteiger partial charge in [-0.3, -0.25) is 9.59 Å². The van der Waals surface area contributed by atoms with E-state index in [4.69, 9.17) is 0 Å². The summed E-state index contributed by atoms with van der Waals surface area (Å²) in [6, 6.07) is 10.4. The fraction of sp³-hybridized carbons (Fsp3) is 0.619. The number of piperidine rings is 1. The molecule has 2 aliphatic heterocycles. The number of rotatable bonds is 2. The SMILES string of the molecule is CC(C)(C)C(=O)N1CCC(C(=O)N2CCN(c3ccccc3)CC2)CC1. The van der Waals surface area contributed by atoms with E-state index >= 15 is 0 Å². The number of piperazine rings is 1. The quantitative estimate of drug-likeness (QED) is 0.817. The van der Waals surface area contributed by atoms with E-state index in [2.05, 4.69) is 29.2 Å². The van der Waals surface area contributed by atoms with Crippen LogP contribution in [0.15, 0.2) is 30.3 Å². The summed E-state index contributed by atoms with van der Waals surface area (Å²) >= 11 is 0. The van der Waals surface area contributed by atoms with Gasteiger partial charge in [-0.2, -0.15) is 0 Å². The minimum atomic E-state index is -0.343. The molecule has 0 N–H and O–H groups in total. The van der Waals surface area contributed by atoms with Crippen LogP contribution < -0.4 is 4.90 Å². The van der Waals surface area contributed by atoms with E-state index in [1.54, 1.807) is 0 Å². The molecule has 142 valence electrons. The van der Waals surface area contributed by atoms with E-state index in [1.807, 2.05) is 36.6 Å². The fourth-order valence-corrected chi connectivity index (χ4v) is 3.89. The Hall–Kier alpha value is -2.04. The number of hydrogen-bond donors (Lipinski definition) is 0. The third-order valence-corrected chi connectivity index (χ3v) is 5.49. The Balaban J connectivity index is 1.48. The molecule has 26 heavy (non-hydrogen) atoms. The fourth-order valence-electron chi connectivity index (χ4n) is 3.89. The molecule has 2 heterocycles. The van der Waals surface area contributed by atoms with Crippen molar-refractivity contribution in [1.82, 2.24) is 9.80 Å². The Kier molecular flexibility index (Phi) is 5.54. The molecule has 0 aromatic heterocycles. The lowest BCUT2D eigenvalue weighted by Crippen LogP contribution is -2.52. The molecule has 0 radical (unpaired) electrons. The number of para-hydroxylation sites is 1. The van der Waals surface area contributed by atoms with Gasteiger partial charge in [0.05, 0.1) is 0 Å². The van der Waals surface area contributed by atoms with E-state index in [9.17, 15) is 9.59 Å². The zero-order chi connectivity index (χ0) is 18.7. The van der Waals surface area contributed by atoms with Crippen LogP contribution in [0.2, 0.25) is 0 Å². The Labute approximate surface area is 156 Å². The standard InChI is InChI=1S/C21H31N3O2/c1-21(2,3)20(26)24-11-9-17(10-12-24)19(25)23-15-13-22(14-16-23)18-7-5-4-6-8-18/h4-8,17H,9-16H2,1-3H3. The first-order chi connectivity index (χ1) is 12.4. The van der Waals surface area contributed by atoms with Gasteiger partial charge in [0, 0.05) is 56.3 Å². The molecule has 2 aliphatic rings. The van der Waals surface area contributed by atoms with Crippen molar-refractivity contribution in [3.63, 3.8) is 0 Å². The Bertz CT molecular complexity index is 622. The monoisotopic (exact) mass is 357 g/mol. The Morgan fingerprint density at radius 1 is 0.846 bits per heavy atom. The maximum absolute atomic E-state index is 12.9. The molecule has 0 unspecified atom stereocenters. The maximum Gasteiger partial charge on any atom is 0.227 e. The second kappa shape index (κ2) is 7.68. The minimum absolute atomic E-state index is 0.0716. The first-order valence-electron chi connectivity index (χ1n) is 9.74. The van der Waals surface area contributed by atoms with Crippen LogP contribution in [-0.2, 0) is 9.59 Å². The Morgan fingerprint density at radius 3 is 1.96 bits per heavy atom. The summed E-state index contributed by atoms with van der Waals surface area (Å²) in [6.07, 6.45) is 1.58. The molecular weight excluding hydrogens is 326 g/mol. The second-order valence-corrected chi connectivity index (χ2v) is 8.46. The van der Waals surface area contributed by atoms with E-state index in [0.29, 0.717) is 13.1 Å².